The highest BCUT2D eigenvalue weighted by Gasteiger charge is 2.16. The Morgan fingerprint density at radius 1 is 0.818 bits per heavy atom. The van der Waals surface area contributed by atoms with Crippen LogP contribution in [0, 0.1) is 6.92 Å². The van der Waals surface area contributed by atoms with Gasteiger partial charge in [-0.05, 0) is 72.6 Å². The largest absolute Gasteiger partial charge is 0.325 e. The number of anilines is 2. The van der Waals surface area contributed by atoms with Crippen molar-refractivity contribution in [3.05, 3.63) is 101 Å². The molecule has 0 aliphatic carbocycles. The van der Waals surface area contributed by atoms with Crippen LogP contribution in [0.25, 0.3) is 10.8 Å². The molecule has 0 saturated heterocycles. The van der Waals surface area contributed by atoms with E-state index in [-0.39, 0.29) is 17.1 Å². The van der Waals surface area contributed by atoms with E-state index in [2.05, 4.69) is 10.6 Å². The number of nitrogens with one attached hydrogen (secondary N) is 2. The molecule has 0 saturated carbocycles. The van der Waals surface area contributed by atoms with Gasteiger partial charge in [-0.25, -0.2) is 0 Å². The lowest BCUT2D eigenvalue weighted by Crippen LogP contribution is -2.22. The minimum absolute atomic E-state index is 0.120. The smallest absolute Gasteiger partial charge is 0.255 e. The Balaban J connectivity index is 1.40. The van der Waals surface area contributed by atoms with Crippen LogP contribution >= 0.6 is 23.4 Å². The Bertz CT molecular complexity index is 1340. The van der Waals surface area contributed by atoms with E-state index in [1.165, 1.54) is 11.8 Å². The van der Waals surface area contributed by atoms with Gasteiger partial charge in [-0.1, -0.05) is 54.1 Å². The Hall–Kier alpha value is -3.28. The summed E-state index contributed by atoms with van der Waals surface area (Å²) in [6, 6.07) is 26.5. The van der Waals surface area contributed by atoms with Crippen molar-refractivity contribution in [2.45, 2.75) is 24.0 Å². The Labute approximate surface area is 202 Å². The van der Waals surface area contributed by atoms with Gasteiger partial charge < -0.3 is 10.6 Å². The van der Waals surface area contributed by atoms with E-state index < -0.39 is 0 Å². The van der Waals surface area contributed by atoms with Crippen LogP contribution < -0.4 is 10.6 Å². The predicted molar refractivity (Wildman–Crippen MR) is 138 cm³/mol. The summed E-state index contributed by atoms with van der Waals surface area (Å²) in [4.78, 5) is 26.3. The third-order valence-corrected chi connectivity index (χ3v) is 6.73. The molecule has 0 bridgehead atoms. The first-order chi connectivity index (χ1) is 15.9. The summed E-state index contributed by atoms with van der Waals surface area (Å²) in [6.07, 6.45) is 0. The summed E-state index contributed by atoms with van der Waals surface area (Å²) < 4.78 is 0. The van der Waals surface area contributed by atoms with Gasteiger partial charge in [-0.15, -0.1) is 11.8 Å². The molecular weight excluding hydrogens is 452 g/mol. The third kappa shape index (κ3) is 5.75. The van der Waals surface area contributed by atoms with Crippen molar-refractivity contribution >= 4 is 57.3 Å². The van der Waals surface area contributed by atoms with E-state index in [4.69, 9.17) is 11.6 Å². The van der Waals surface area contributed by atoms with Gasteiger partial charge in [0.2, 0.25) is 5.91 Å². The number of benzene rings is 4. The molecule has 6 heteroatoms. The van der Waals surface area contributed by atoms with Gasteiger partial charge in [0, 0.05) is 26.9 Å². The number of hydrogen-bond acceptors (Lipinski definition) is 3. The second kappa shape index (κ2) is 10.1. The maximum absolute atomic E-state index is 12.8. The maximum atomic E-state index is 12.8. The zero-order chi connectivity index (χ0) is 23.4. The van der Waals surface area contributed by atoms with Gasteiger partial charge in [-0.3, -0.25) is 9.59 Å². The summed E-state index contributed by atoms with van der Waals surface area (Å²) in [6.45, 7) is 3.76. The second-order valence-corrected chi connectivity index (χ2v) is 9.58. The summed E-state index contributed by atoms with van der Waals surface area (Å²) in [5.74, 6) is -0.296. The topological polar surface area (TPSA) is 58.2 Å². The van der Waals surface area contributed by atoms with E-state index in [0.29, 0.717) is 22.0 Å². The fourth-order valence-electron chi connectivity index (χ4n) is 3.35. The van der Waals surface area contributed by atoms with Crippen LogP contribution in [0.4, 0.5) is 11.4 Å². The van der Waals surface area contributed by atoms with Crippen molar-refractivity contribution in [2.75, 3.05) is 10.6 Å². The van der Waals surface area contributed by atoms with Gasteiger partial charge >= 0.3 is 0 Å². The average molecular weight is 475 g/mol. The van der Waals surface area contributed by atoms with Crippen LogP contribution in [0.3, 0.4) is 0 Å². The van der Waals surface area contributed by atoms with Gasteiger partial charge in [0.05, 0.1) is 5.25 Å². The van der Waals surface area contributed by atoms with Crippen LogP contribution in [0.5, 0.6) is 0 Å². The first-order valence-corrected chi connectivity index (χ1v) is 11.8. The van der Waals surface area contributed by atoms with Crippen LogP contribution in [0.2, 0.25) is 5.02 Å². The maximum Gasteiger partial charge on any atom is 0.255 e. The van der Waals surface area contributed by atoms with Crippen molar-refractivity contribution in [1.82, 2.24) is 0 Å². The van der Waals surface area contributed by atoms with Gasteiger partial charge in [0.1, 0.15) is 0 Å². The molecule has 166 valence electrons. The summed E-state index contributed by atoms with van der Waals surface area (Å²) >= 11 is 7.57. The number of halogens is 1. The van der Waals surface area contributed by atoms with Crippen molar-refractivity contribution in [2.24, 2.45) is 0 Å². The van der Waals surface area contributed by atoms with E-state index in [9.17, 15) is 9.59 Å². The molecule has 4 rings (SSSR count). The van der Waals surface area contributed by atoms with E-state index in [1.807, 2.05) is 92.7 Å². The lowest BCUT2D eigenvalue weighted by atomic mass is 10.1. The number of rotatable bonds is 6. The zero-order valence-electron chi connectivity index (χ0n) is 18.3. The normalized spacial score (nSPS) is 11.7. The highest BCUT2D eigenvalue weighted by Crippen LogP contribution is 2.28. The fraction of sp³-hybridized carbons (Fsp3) is 0.111. The van der Waals surface area contributed by atoms with Crippen molar-refractivity contribution in [3.8, 4) is 0 Å². The van der Waals surface area contributed by atoms with Crippen molar-refractivity contribution in [3.63, 3.8) is 0 Å². The molecule has 2 amide bonds. The van der Waals surface area contributed by atoms with Crippen LogP contribution in [0.1, 0.15) is 22.8 Å². The lowest BCUT2D eigenvalue weighted by molar-refractivity contribution is -0.115. The van der Waals surface area contributed by atoms with Gasteiger partial charge in [0.15, 0.2) is 0 Å². The van der Waals surface area contributed by atoms with Gasteiger partial charge in [0.25, 0.3) is 5.91 Å². The molecule has 1 unspecified atom stereocenters. The van der Waals surface area contributed by atoms with E-state index in [1.54, 1.807) is 6.07 Å². The van der Waals surface area contributed by atoms with E-state index >= 15 is 0 Å². The summed E-state index contributed by atoms with van der Waals surface area (Å²) in [5, 5.41) is 8.23. The Morgan fingerprint density at radius 3 is 2.36 bits per heavy atom. The zero-order valence-corrected chi connectivity index (χ0v) is 19.8. The molecule has 0 spiro atoms. The molecule has 4 aromatic rings. The number of amides is 2. The first kappa shape index (κ1) is 22.9. The fourth-order valence-corrected chi connectivity index (χ4v) is 4.46. The molecule has 0 aromatic heterocycles. The molecule has 0 fully saturated rings. The molecule has 0 aliphatic rings. The van der Waals surface area contributed by atoms with Crippen molar-refractivity contribution in [1.29, 1.82) is 0 Å². The van der Waals surface area contributed by atoms with Crippen molar-refractivity contribution < 1.29 is 9.59 Å². The highest BCUT2D eigenvalue weighted by molar-refractivity contribution is 8.00. The number of fused-ring (bicyclic) bond motifs is 1. The number of thioether (sulfide) groups is 1. The second-order valence-electron chi connectivity index (χ2n) is 7.76. The highest BCUT2D eigenvalue weighted by atomic mass is 35.5. The molecule has 0 aliphatic heterocycles. The summed E-state index contributed by atoms with van der Waals surface area (Å²) in [7, 11) is 0. The molecule has 4 nitrogen and oxygen atoms in total. The van der Waals surface area contributed by atoms with Crippen LogP contribution in [-0.4, -0.2) is 17.1 Å². The molecule has 2 N–H and O–H groups in total. The van der Waals surface area contributed by atoms with Crippen LogP contribution in [0.15, 0.2) is 89.8 Å². The molecular formula is C27H23ClN2O2S. The predicted octanol–water partition coefficient (Wildman–Crippen LogP) is 7.17. The minimum atomic E-state index is -0.337. The van der Waals surface area contributed by atoms with Gasteiger partial charge in [-0.2, -0.15) is 0 Å². The molecule has 33 heavy (non-hydrogen) atoms. The van der Waals surface area contributed by atoms with E-state index in [0.717, 1.165) is 21.2 Å². The minimum Gasteiger partial charge on any atom is -0.325 e. The first-order valence-electron chi connectivity index (χ1n) is 10.5. The Morgan fingerprint density at radius 2 is 1.58 bits per heavy atom. The molecule has 4 aromatic carbocycles. The average Bonchev–Trinajstić information content (AvgIpc) is 2.81. The number of hydrogen-bond donors (Lipinski definition) is 2. The monoisotopic (exact) mass is 474 g/mol. The lowest BCUT2D eigenvalue weighted by Gasteiger charge is -2.14. The summed E-state index contributed by atoms with van der Waals surface area (Å²) in [5.41, 5.74) is 2.89. The Kier molecular flexibility index (Phi) is 7.02. The number of aryl methyl sites for hydroxylation is 1. The SMILES string of the molecule is Cc1ccc(NC(=O)C(C)Sc2cccc(NC(=O)c3ccc4ccccc4c3)c2)cc1Cl. The number of carbonyl (C=O) groups is 2. The molecule has 1 atom stereocenters. The van der Waals surface area contributed by atoms with Crippen LogP contribution in [-0.2, 0) is 4.79 Å². The quantitative estimate of drug-likeness (QED) is 0.291. The molecule has 0 radical (unpaired) electrons. The number of carbonyl (C=O) groups excluding carboxylic acids is 2. The standard InChI is InChI=1S/C27H23ClN2O2S/c1-17-10-13-23(16-25(17)28)29-26(31)18(2)33-24-9-5-8-22(15-24)30-27(32)21-12-11-19-6-3-4-7-20(19)14-21/h3-16,18H,1-2H3,(H,29,31)(H,30,32). The molecule has 0 heterocycles. The third-order valence-electron chi connectivity index (χ3n) is 5.23.